The highest BCUT2D eigenvalue weighted by molar-refractivity contribution is 7.15. The lowest BCUT2D eigenvalue weighted by atomic mass is 10.1. The molecule has 1 aliphatic rings. The minimum absolute atomic E-state index is 0.136. The van der Waals surface area contributed by atoms with Crippen molar-refractivity contribution >= 4 is 23.2 Å². The molecule has 0 aliphatic carbocycles. The normalized spacial score (nSPS) is 18.0. The summed E-state index contributed by atoms with van der Waals surface area (Å²) in [4.78, 5) is 25.6. The summed E-state index contributed by atoms with van der Waals surface area (Å²) in [5.41, 5.74) is 0.807. The smallest absolute Gasteiger partial charge is 0.345 e. The minimum Gasteiger partial charge on any atom is -0.477 e. The second-order valence-corrected chi connectivity index (χ2v) is 6.21. The number of rotatable bonds is 3. The monoisotopic (exact) mass is 335 g/mol. The summed E-state index contributed by atoms with van der Waals surface area (Å²) in [5, 5.41) is 8.94. The van der Waals surface area contributed by atoms with Crippen LogP contribution in [-0.4, -0.2) is 41.6 Å². The standard InChI is InChI=1S/C16H14FNO4S/c17-11-3-1-10(2-4-11)12-9-18(7-8-22-12)15(19)13-5-6-14(23-13)16(20)21/h1-6,12H,7-9H2,(H,20,21)/t12-/m1/s1. The maximum absolute atomic E-state index is 13.0. The van der Waals surface area contributed by atoms with Crippen LogP contribution in [0.25, 0.3) is 0 Å². The van der Waals surface area contributed by atoms with Crippen molar-refractivity contribution < 1.29 is 23.8 Å². The van der Waals surface area contributed by atoms with Crippen LogP contribution in [0.1, 0.15) is 31.0 Å². The van der Waals surface area contributed by atoms with Gasteiger partial charge in [-0.25, -0.2) is 9.18 Å². The molecule has 0 radical (unpaired) electrons. The zero-order valence-electron chi connectivity index (χ0n) is 12.1. The van der Waals surface area contributed by atoms with E-state index in [2.05, 4.69) is 0 Å². The van der Waals surface area contributed by atoms with Gasteiger partial charge in [0.2, 0.25) is 0 Å². The van der Waals surface area contributed by atoms with Gasteiger partial charge in [-0.2, -0.15) is 0 Å². The van der Waals surface area contributed by atoms with E-state index in [4.69, 9.17) is 9.84 Å². The third-order valence-corrected chi connectivity index (χ3v) is 4.68. The van der Waals surface area contributed by atoms with Gasteiger partial charge in [-0.3, -0.25) is 4.79 Å². The fourth-order valence-corrected chi connectivity index (χ4v) is 3.25. The molecule has 0 saturated carbocycles. The molecule has 1 N–H and O–H groups in total. The van der Waals surface area contributed by atoms with Gasteiger partial charge in [0.25, 0.3) is 5.91 Å². The molecule has 1 aliphatic heterocycles. The van der Waals surface area contributed by atoms with Crippen molar-refractivity contribution in [2.45, 2.75) is 6.10 Å². The third kappa shape index (κ3) is 3.40. The van der Waals surface area contributed by atoms with Crippen LogP contribution >= 0.6 is 11.3 Å². The number of aromatic carboxylic acids is 1. The molecule has 1 fully saturated rings. The van der Waals surface area contributed by atoms with Gasteiger partial charge >= 0.3 is 5.97 Å². The highest BCUT2D eigenvalue weighted by atomic mass is 32.1. The molecule has 0 spiro atoms. The molecule has 23 heavy (non-hydrogen) atoms. The number of nitrogens with zero attached hydrogens (tertiary/aromatic N) is 1. The first-order valence-electron chi connectivity index (χ1n) is 7.04. The lowest BCUT2D eigenvalue weighted by Crippen LogP contribution is -2.42. The van der Waals surface area contributed by atoms with Crippen molar-refractivity contribution in [2.75, 3.05) is 19.7 Å². The van der Waals surface area contributed by atoms with Crippen molar-refractivity contribution in [3.63, 3.8) is 0 Å². The number of morpholine rings is 1. The molecule has 3 rings (SSSR count). The van der Waals surface area contributed by atoms with Gasteiger partial charge in [0.1, 0.15) is 16.8 Å². The Morgan fingerprint density at radius 2 is 1.87 bits per heavy atom. The van der Waals surface area contributed by atoms with E-state index >= 15 is 0 Å². The first-order valence-corrected chi connectivity index (χ1v) is 7.85. The van der Waals surface area contributed by atoms with E-state index < -0.39 is 5.97 Å². The van der Waals surface area contributed by atoms with E-state index in [9.17, 15) is 14.0 Å². The number of carbonyl (C=O) groups excluding carboxylic acids is 1. The fourth-order valence-electron chi connectivity index (χ4n) is 2.44. The van der Waals surface area contributed by atoms with Crippen LogP contribution < -0.4 is 0 Å². The molecule has 1 atom stereocenters. The van der Waals surface area contributed by atoms with Crippen molar-refractivity contribution in [3.8, 4) is 0 Å². The largest absolute Gasteiger partial charge is 0.477 e. The van der Waals surface area contributed by atoms with E-state index in [1.807, 2.05) is 0 Å². The first-order chi connectivity index (χ1) is 11.0. The number of benzene rings is 1. The molecule has 120 valence electrons. The predicted octanol–water partition coefficient (Wildman–Crippen LogP) is 2.80. The lowest BCUT2D eigenvalue weighted by molar-refractivity contribution is -0.0226. The van der Waals surface area contributed by atoms with E-state index in [1.54, 1.807) is 17.0 Å². The number of carboxylic acids is 1. The van der Waals surface area contributed by atoms with Crippen LogP contribution in [0.5, 0.6) is 0 Å². The molecular weight excluding hydrogens is 321 g/mol. The van der Waals surface area contributed by atoms with E-state index in [-0.39, 0.29) is 22.7 Å². The molecule has 1 aromatic heterocycles. The summed E-state index contributed by atoms with van der Waals surface area (Å²) >= 11 is 0.961. The van der Waals surface area contributed by atoms with Crippen LogP contribution in [0.2, 0.25) is 0 Å². The number of halogens is 1. The fraction of sp³-hybridized carbons (Fsp3) is 0.250. The molecule has 7 heteroatoms. The summed E-state index contributed by atoms with van der Waals surface area (Å²) in [6, 6.07) is 8.95. The summed E-state index contributed by atoms with van der Waals surface area (Å²) in [7, 11) is 0. The Hall–Kier alpha value is -2.25. The zero-order valence-corrected chi connectivity index (χ0v) is 12.9. The molecular formula is C16H14FNO4S. The highest BCUT2D eigenvalue weighted by Gasteiger charge is 2.27. The average molecular weight is 335 g/mol. The van der Waals surface area contributed by atoms with Gasteiger partial charge in [0, 0.05) is 6.54 Å². The Morgan fingerprint density at radius 1 is 1.17 bits per heavy atom. The molecule has 2 heterocycles. The SMILES string of the molecule is O=C(O)c1ccc(C(=O)N2CCO[C@@H](c3ccc(F)cc3)C2)s1. The summed E-state index contributed by atoms with van der Waals surface area (Å²) in [6.45, 7) is 1.17. The Bertz CT molecular complexity index is 728. The molecule has 5 nitrogen and oxygen atoms in total. The van der Waals surface area contributed by atoms with Gasteiger partial charge in [0.15, 0.2) is 0 Å². The van der Waals surface area contributed by atoms with Crippen LogP contribution in [0, 0.1) is 5.82 Å². The zero-order chi connectivity index (χ0) is 16.4. The number of hydrogen-bond acceptors (Lipinski definition) is 4. The maximum atomic E-state index is 13.0. The van der Waals surface area contributed by atoms with E-state index in [0.29, 0.717) is 24.6 Å². The van der Waals surface area contributed by atoms with Crippen molar-refractivity contribution in [1.82, 2.24) is 4.90 Å². The number of ether oxygens (including phenoxy) is 1. The maximum Gasteiger partial charge on any atom is 0.345 e. The van der Waals surface area contributed by atoms with Crippen molar-refractivity contribution in [1.29, 1.82) is 0 Å². The van der Waals surface area contributed by atoms with E-state index in [0.717, 1.165) is 16.9 Å². The van der Waals surface area contributed by atoms with Crippen molar-refractivity contribution in [3.05, 3.63) is 57.5 Å². The quantitative estimate of drug-likeness (QED) is 0.937. The molecule has 0 unspecified atom stereocenters. The number of amides is 1. The van der Waals surface area contributed by atoms with Gasteiger partial charge in [-0.1, -0.05) is 12.1 Å². The van der Waals surface area contributed by atoms with Crippen molar-refractivity contribution in [2.24, 2.45) is 0 Å². The van der Waals surface area contributed by atoms with Crippen LogP contribution in [0.4, 0.5) is 4.39 Å². The van der Waals surface area contributed by atoms with Gasteiger partial charge in [-0.05, 0) is 29.8 Å². The lowest BCUT2D eigenvalue weighted by Gasteiger charge is -2.33. The number of carboxylic acid groups (broad SMARTS) is 1. The van der Waals surface area contributed by atoms with Gasteiger partial charge < -0.3 is 14.7 Å². The van der Waals surface area contributed by atoms with Crippen LogP contribution in [-0.2, 0) is 4.74 Å². The van der Waals surface area contributed by atoms with Crippen LogP contribution in [0.3, 0.4) is 0 Å². The highest BCUT2D eigenvalue weighted by Crippen LogP contribution is 2.25. The second kappa shape index (κ2) is 6.47. The Kier molecular flexibility index (Phi) is 4.40. The molecule has 1 saturated heterocycles. The summed E-state index contributed by atoms with van der Waals surface area (Å²) in [6.07, 6.45) is -0.313. The summed E-state index contributed by atoms with van der Waals surface area (Å²) in [5.74, 6) is -1.57. The molecule has 0 bridgehead atoms. The summed E-state index contributed by atoms with van der Waals surface area (Å²) < 4.78 is 18.7. The molecule has 1 aromatic carbocycles. The van der Waals surface area contributed by atoms with Gasteiger partial charge in [0.05, 0.1) is 18.0 Å². The average Bonchev–Trinajstić information content (AvgIpc) is 3.05. The van der Waals surface area contributed by atoms with Crippen LogP contribution in [0.15, 0.2) is 36.4 Å². The minimum atomic E-state index is -1.04. The topological polar surface area (TPSA) is 66.8 Å². The third-order valence-electron chi connectivity index (χ3n) is 3.62. The van der Waals surface area contributed by atoms with E-state index in [1.165, 1.54) is 24.3 Å². The number of carbonyl (C=O) groups is 2. The number of hydrogen-bond donors (Lipinski definition) is 1. The molecule has 1 amide bonds. The second-order valence-electron chi connectivity index (χ2n) is 5.13. The Morgan fingerprint density at radius 3 is 2.52 bits per heavy atom. The Balaban J connectivity index is 1.73. The first kappa shape index (κ1) is 15.6. The Labute approximate surface area is 135 Å². The number of thiophene rings is 1. The van der Waals surface area contributed by atoms with Gasteiger partial charge in [-0.15, -0.1) is 11.3 Å². The molecule has 2 aromatic rings. The predicted molar refractivity (Wildman–Crippen MR) is 82.3 cm³/mol.